The summed E-state index contributed by atoms with van der Waals surface area (Å²) in [5.41, 5.74) is 0.914. The van der Waals surface area contributed by atoms with Crippen LogP contribution in [0.15, 0.2) is 17.5 Å². The first-order valence-electron chi connectivity index (χ1n) is 9.38. The Morgan fingerprint density at radius 2 is 1.92 bits per heavy atom. The van der Waals surface area contributed by atoms with E-state index in [4.69, 9.17) is 5.11 Å². The van der Waals surface area contributed by atoms with Gasteiger partial charge in [-0.25, -0.2) is 0 Å². The van der Waals surface area contributed by atoms with Crippen molar-refractivity contribution in [1.29, 1.82) is 0 Å². The van der Waals surface area contributed by atoms with Crippen LogP contribution in [0.25, 0.3) is 6.08 Å². The molecule has 1 aromatic rings. The first-order chi connectivity index (χ1) is 12.1. The number of thiophene rings is 1. The predicted octanol–water partition coefficient (Wildman–Crippen LogP) is 2.95. The lowest BCUT2D eigenvalue weighted by molar-refractivity contribution is -0.126. The molecule has 136 valence electrons. The highest BCUT2D eigenvalue weighted by Crippen LogP contribution is 2.61. The molecule has 1 heterocycles. The van der Waals surface area contributed by atoms with Crippen molar-refractivity contribution in [3.63, 3.8) is 0 Å². The number of hydrogen-bond acceptors (Lipinski definition) is 4. The van der Waals surface area contributed by atoms with Crippen LogP contribution in [0.2, 0.25) is 0 Å². The van der Waals surface area contributed by atoms with Gasteiger partial charge in [-0.3, -0.25) is 4.79 Å². The average Bonchev–Trinajstić information content (AvgIpc) is 3.04. The first-order valence-corrected chi connectivity index (χ1v) is 10.3. The zero-order valence-corrected chi connectivity index (χ0v) is 15.3. The minimum Gasteiger partial charge on any atom is -0.392 e. The monoisotopic (exact) mass is 361 g/mol. The Morgan fingerprint density at radius 3 is 2.48 bits per heavy atom. The Balaban J connectivity index is 1.31. The lowest BCUT2D eigenvalue weighted by Gasteiger charge is -2.58. The fourth-order valence-electron chi connectivity index (χ4n) is 5.78. The SMILES string of the molecule is O=C(C=Cc1cc(CO)cs1)NCC(O)C12CC3CC(CC(C3)C1)C2. The minimum absolute atomic E-state index is 0.0216. The quantitative estimate of drug-likeness (QED) is 0.682. The van der Waals surface area contributed by atoms with E-state index in [1.54, 1.807) is 6.08 Å². The lowest BCUT2D eigenvalue weighted by atomic mass is 9.48. The van der Waals surface area contributed by atoms with Gasteiger partial charge in [0.1, 0.15) is 0 Å². The second kappa shape index (κ2) is 6.86. The number of carbonyl (C=O) groups excluding carboxylic acids is 1. The first kappa shape index (κ1) is 17.3. The van der Waals surface area contributed by atoms with E-state index < -0.39 is 6.10 Å². The molecule has 1 amide bonds. The van der Waals surface area contributed by atoms with Crippen molar-refractivity contribution in [2.45, 2.75) is 51.2 Å². The zero-order chi connectivity index (χ0) is 17.4. The second-order valence-electron chi connectivity index (χ2n) is 8.39. The Labute approximate surface area is 153 Å². The Kier molecular flexibility index (Phi) is 4.73. The van der Waals surface area contributed by atoms with Crippen molar-refractivity contribution in [2.75, 3.05) is 6.54 Å². The molecule has 5 heteroatoms. The second-order valence-corrected chi connectivity index (χ2v) is 9.33. The maximum atomic E-state index is 12.1. The molecule has 4 fully saturated rings. The van der Waals surface area contributed by atoms with Crippen LogP contribution in [0, 0.1) is 23.2 Å². The number of nitrogens with one attached hydrogen (secondary N) is 1. The van der Waals surface area contributed by atoms with Gasteiger partial charge in [-0.05, 0) is 84.8 Å². The Hall–Kier alpha value is -1.17. The molecule has 1 atom stereocenters. The highest BCUT2D eigenvalue weighted by molar-refractivity contribution is 7.11. The van der Waals surface area contributed by atoms with E-state index in [2.05, 4.69) is 5.32 Å². The summed E-state index contributed by atoms with van der Waals surface area (Å²) in [5, 5.41) is 24.6. The summed E-state index contributed by atoms with van der Waals surface area (Å²) in [6.07, 6.45) is 10.4. The Bertz CT molecular complexity index is 630. The van der Waals surface area contributed by atoms with E-state index in [-0.39, 0.29) is 17.9 Å². The van der Waals surface area contributed by atoms with Gasteiger partial charge < -0.3 is 15.5 Å². The van der Waals surface area contributed by atoms with Crippen molar-refractivity contribution in [3.05, 3.63) is 28.0 Å². The highest BCUT2D eigenvalue weighted by Gasteiger charge is 2.53. The molecule has 4 saturated carbocycles. The van der Waals surface area contributed by atoms with Gasteiger partial charge in [-0.2, -0.15) is 0 Å². The minimum atomic E-state index is -0.430. The number of aliphatic hydroxyl groups is 2. The Morgan fingerprint density at radius 1 is 1.28 bits per heavy atom. The van der Waals surface area contributed by atoms with Crippen LogP contribution >= 0.6 is 11.3 Å². The molecule has 5 rings (SSSR count). The molecule has 1 unspecified atom stereocenters. The molecule has 25 heavy (non-hydrogen) atoms. The van der Waals surface area contributed by atoms with Crippen LogP contribution in [-0.2, 0) is 11.4 Å². The molecule has 4 bridgehead atoms. The standard InChI is InChI=1S/C20H27NO3S/c22-11-16-6-17(25-12-16)1-2-19(24)21-10-18(23)20-7-13-3-14(8-20)5-15(4-13)9-20/h1-2,6,12-15,18,22-23H,3-5,7-11H2,(H,21,24). The highest BCUT2D eigenvalue weighted by atomic mass is 32.1. The molecule has 3 N–H and O–H groups in total. The van der Waals surface area contributed by atoms with E-state index in [0.717, 1.165) is 47.5 Å². The smallest absolute Gasteiger partial charge is 0.244 e. The van der Waals surface area contributed by atoms with Crippen LogP contribution in [0.5, 0.6) is 0 Å². The number of hydrogen-bond donors (Lipinski definition) is 3. The molecule has 1 aromatic heterocycles. The van der Waals surface area contributed by atoms with E-state index in [0.29, 0.717) is 6.54 Å². The zero-order valence-electron chi connectivity index (χ0n) is 14.5. The van der Waals surface area contributed by atoms with Crippen molar-refractivity contribution < 1.29 is 15.0 Å². The van der Waals surface area contributed by atoms with Gasteiger partial charge in [0.2, 0.25) is 5.91 Å². The summed E-state index contributed by atoms with van der Waals surface area (Å²) < 4.78 is 0. The third-order valence-corrected chi connectivity index (χ3v) is 7.46. The van der Waals surface area contributed by atoms with E-state index in [1.165, 1.54) is 36.7 Å². The summed E-state index contributed by atoms with van der Waals surface area (Å²) >= 11 is 1.50. The van der Waals surface area contributed by atoms with Crippen molar-refractivity contribution in [3.8, 4) is 0 Å². The summed E-state index contributed by atoms with van der Waals surface area (Å²) in [6.45, 7) is 0.370. The van der Waals surface area contributed by atoms with Gasteiger partial charge in [-0.1, -0.05) is 0 Å². The molecule has 4 nitrogen and oxygen atoms in total. The van der Waals surface area contributed by atoms with Crippen LogP contribution in [0.3, 0.4) is 0 Å². The van der Waals surface area contributed by atoms with Gasteiger partial charge in [0.15, 0.2) is 0 Å². The van der Waals surface area contributed by atoms with Crippen LogP contribution in [-0.4, -0.2) is 28.8 Å². The average molecular weight is 362 g/mol. The summed E-state index contributed by atoms with van der Waals surface area (Å²) in [4.78, 5) is 13.0. The van der Waals surface area contributed by atoms with Gasteiger partial charge in [-0.15, -0.1) is 11.3 Å². The van der Waals surface area contributed by atoms with Crippen LogP contribution in [0.1, 0.15) is 49.0 Å². The molecular formula is C20H27NO3S. The third-order valence-electron chi connectivity index (χ3n) is 6.52. The number of amides is 1. The molecule has 0 saturated heterocycles. The maximum Gasteiger partial charge on any atom is 0.244 e. The molecular weight excluding hydrogens is 334 g/mol. The molecule has 4 aliphatic rings. The summed E-state index contributed by atoms with van der Waals surface area (Å²) in [7, 11) is 0. The number of rotatable bonds is 6. The van der Waals surface area contributed by atoms with E-state index >= 15 is 0 Å². The van der Waals surface area contributed by atoms with E-state index in [9.17, 15) is 9.90 Å². The lowest BCUT2D eigenvalue weighted by Crippen LogP contribution is -2.54. The fourth-order valence-corrected chi connectivity index (χ4v) is 6.58. The van der Waals surface area contributed by atoms with Crippen molar-refractivity contribution in [1.82, 2.24) is 5.32 Å². The van der Waals surface area contributed by atoms with Gasteiger partial charge in [0, 0.05) is 17.5 Å². The molecule has 0 aliphatic heterocycles. The topological polar surface area (TPSA) is 69.6 Å². The maximum absolute atomic E-state index is 12.1. The van der Waals surface area contributed by atoms with Gasteiger partial charge >= 0.3 is 0 Å². The van der Waals surface area contributed by atoms with Crippen molar-refractivity contribution >= 4 is 23.3 Å². The van der Waals surface area contributed by atoms with Gasteiger partial charge in [0.05, 0.1) is 12.7 Å². The summed E-state index contributed by atoms with van der Waals surface area (Å²) in [5.74, 6) is 2.24. The van der Waals surface area contributed by atoms with E-state index in [1.807, 2.05) is 11.4 Å². The largest absolute Gasteiger partial charge is 0.392 e. The van der Waals surface area contributed by atoms with Crippen LogP contribution < -0.4 is 5.32 Å². The fraction of sp³-hybridized carbons (Fsp3) is 0.650. The predicted molar refractivity (Wildman–Crippen MR) is 98.9 cm³/mol. The number of carbonyl (C=O) groups is 1. The summed E-state index contributed by atoms with van der Waals surface area (Å²) in [6, 6.07) is 1.87. The van der Waals surface area contributed by atoms with Crippen molar-refractivity contribution in [2.24, 2.45) is 23.2 Å². The van der Waals surface area contributed by atoms with Crippen LogP contribution in [0.4, 0.5) is 0 Å². The molecule has 4 aliphatic carbocycles. The third kappa shape index (κ3) is 3.55. The molecule has 0 aromatic carbocycles. The normalized spacial score (nSPS) is 34.6. The molecule has 0 spiro atoms. The molecule has 0 radical (unpaired) electrons. The number of aliphatic hydroxyl groups excluding tert-OH is 2. The van der Waals surface area contributed by atoms with Gasteiger partial charge in [0.25, 0.3) is 0 Å².